The van der Waals surface area contributed by atoms with E-state index in [4.69, 9.17) is 21.1 Å². The number of likely N-dealkylation sites (tertiary alicyclic amines) is 1. The van der Waals surface area contributed by atoms with Gasteiger partial charge in [0.15, 0.2) is 0 Å². The molecule has 6 aliphatic rings. The molecule has 57 heavy (non-hydrogen) atoms. The first-order valence-corrected chi connectivity index (χ1v) is 20.5. The van der Waals surface area contributed by atoms with Crippen LogP contribution in [0, 0.1) is 11.6 Å². The Morgan fingerprint density at radius 1 is 0.684 bits per heavy atom. The van der Waals surface area contributed by atoms with Crippen LogP contribution in [-0.2, 0) is 9.59 Å². The van der Waals surface area contributed by atoms with Crippen LogP contribution >= 0.6 is 11.6 Å². The number of ether oxygens (including phenoxy) is 2. The third-order valence-electron chi connectivity index (χ3n) is 11.7. The van der Waals surface area contributed by atoms with Crippen molar-refractivity contribution in [3.63, 3.8) is 0 Å². The van der Waals surface area contributed by atoms with E-state index >= 15 is 0 Å². The van der Waals surface area contributed by atoms with Crippen molar-refractivity contribution in [3.8, 4) is 11.5 Å². The predicted molar refractivity (Wildman–Crippen MR) is 220 cm³/mol. The Kier molecular flexibility index (Phi) is 12.1. The molecule has 6 heterocycles. The van der Waals surface area contributed by atoms with Gasteiger partial charge < -0.3 is 40.1 Å². The van der Waals surface area contributed by atoms with E-state index in [1.807, 2.05) is 12.1 Å². The van der Waals surface area contributed by atoms with Gasteiger partial charge in [0.2, 0.25) is 11.8 Å². The quantitative estimate of drug-likeness (QED) is 0.124. The fourth-order valence-electron chi connectivity index (χ4n) is 9.19. The van der Waals surface area contributed by atoms with E-state index in [1.165, 1.54) is 46.8 Å². The number of nitrogens with zero attached hydrogens (tertiary/aromatic N) is 3. The normalized spacial score (nSPS) is 22.3. The summed E-state index contributed by atoms with van der Waals surface area (Å²) in [5.74, 6) is 2.69. The van der Waals surface area contributed by atoms with Crippen molar-refractivity contribution in [1.29, 1.82) is 0 Å². The number of piperidine rings is 2. The van der Waals surface area contributed by atoms with Gasteiger partial charge in [0, 0.05) is 56.0 Å². The molecule has 4 aromatic rings. The number of carbonyl (C=O) groups excluding carboxylic acids is 2. The van der Waals surface area contributed by atoms with Gasteiger partial charge in [0.1, 0.15) is 23.1 Å². The SMILES string of the molecule is Fc1ccc(OCCCCl)cc1.O=C1CN2c3c(cccc3[C@@H]3CN(CCCOc4ccc(F)cc4)CC[C@@H]32)N1.O=C1CN2c3c(cccc3[C@@H]3CNCC[C@@H]32)N1. The Bertz CT molecular complexity index is 2040. The molecule has 2 saturated heterocycles. The number of anilines is 4. The number of amides is 2. The number of rotatable bonds is 9. The maximum Gasteiger partial charge on any atom is 0.243 e. The summed E-state index contributed by atoms with van der Waals surface area (Å²) in [7, 11) is 0. The number of benzene rings is 4. The minimum absolute atomic E-state index is 0.0886. The summed E-state index contributed by atoms with van der Waals surface area (Å²) >= 11 is 5.45. The van der Waals surface area contributed by atoms with Crippen LogP contribution in [-0.4, -0.2) is 93.7 Å². The number of hydrogen-bond acceptors (Lipinski definition) is 8. The van der Waals surface area contributed by atoms with E-state index in [-0.39, 0.29) is 23.4 Å². The summed E-state index contributed by atoms with van der Waals surface area (Å²) in [5.41, 5.74) is 7.23. The molecule has 2 fully saturated rings. The minimum atomic E-state index is -0.250. The molecule has 2 amide bonds. The molecule has 0 saturated carbocycles. The van der Waals surface area contributed by atoms with Gasteiger partial charge in [-0.15, -0.1) is 11.6 Å². The molecule has 0 radical (unpaired) electrons. The molecular weight excluding hydrogens is 750 g/mol. The molecule has 10 nitrogen and oxygen atoms in total. The van der Waals surface area contributed by atoms with Gasteiger partial charge >= 0.3 is 0 Å². The lowest BCUT2D eigenvalue weighted by atomic mass is 9.89. The smallest absolute Gasteiger partial charge is 0.243 e. The van der Waals surface area contributed by atoms with Gasteiger partial charge in [-0.05, 0) is 104 Å². The highest BCUT2D eigenvalue weighted by atomic mass is 35.5. The van der Waals surface area contributed by atoms with Crippen LogP contribution < -0.4 is 35.2 Å². The average Bonchev–Trinajstić information content (AvgIpc) is 3.72. The summed E-state index contributed by atoms with van der Waals surface area (Å²) in [6.07, 6.45) is 3.95. The lowest BCUT2D eigenvalue weighted by Crippen LogP contribution is -2.49. The Hall–Kier alpha value is -4.91. The third kappa shape index (κ3) is 8.68. The van der Waals surface area contributed by atoms with Gasteiger partial charge in [-0.25, -0.2) is 8.78 Å². The fraction of sp³-hybridized carbons (Fsp3) is 0.409. The van der Waals surface area contributed by atoms with E-state index < -0.39 is 0 Å². The number of nitrogens with one attached hydrogen (secondary N) is 3. The second-order valence-electron chi connectivity index (χ2n) is 15.3. The standard InChI is InChI=1S/C22H24FN3O2.C13H15N3O.C9H10ClFO/c23-15-5-7-16(8-6-15)28-12-2-10-25-11-9-20-18(13-25)17-3-1-4-19-22(17)26(20)14-21(27)24-19;17-12-7-16-11-4-5-14-6-9(11)8-2-1-3-10(15-12)13(8)16;10-6-1-7-12-9-4-2-8(11)3-5-9/h1,3-8,18,20H,2,9-14H2,(H,24,27);1-3,9,11,14H,4-7H2,(H,15,17);2-5H,1,6-7H2/t18-,20-;9-,11-;/m00./s1. The van der Waals surface area contributed by atoms with E-state index in [0.717, 1.165) is 69.8 Å². The summed E-state index contributed by atoms with van der Waals surface area (Å²) in [6, 6.07) is 25.6. The third-order valence-corrected chi connectivity index (χ3v) is 11.9. The van der Waals surface area contributed by atoms with Crippen molar-refractivity contribution >= 4 is 46.2 Å². The highest BCUT2D eigenvalue weighted by Gasteiger charge is 2.45. The second-order valence-corrected chi connectivity index (χ2v) is 15.6. The van der Waals surface area contributed by atoms with Crippen molar-refractivity contribution in [2.24, 2.45) is 0 Å². The molecule has 6 aliphatic heterocycles. The lowest BCUT2D eigenvalue weighted by molar-refractivity contribution is -0.116. The molecule has 3 N–H and O–H groups in total. The van der Waals surface area contributed by atoms with Crippen LogP contribution in [0.3, 0.4) is 0 Å². The minimum Gasteiger partial charge on any atom is -0.494 e. The Morgan fingerprint density at radius 2 is 1.23 bits per heavy atom. The second kappa shape index (κ2) is 17.7. The van der Waals surface area contributed by atoms with Gasteiger partial charge in [-0.2, -0.15) is 0 Å². The number of para-hydroxylation sites is 2. The molecule has 300 valence electrons. The van der Waals surface area contributed by atoms with Crippen LogP contribution in [0.1, 0.15) is 48.6 Å². The van der Waals surface area contributed by atoms with E-state index in [9.17, 15) is 18.4 Å². The van der Waals surface area contributed by atoms with Crippen molar-refractivity contribution in [1.82, 2.24) is 10.2 Å². The first kappa shape index (κ1) is 38.9. The number of halogens is 3. The van der Waals surface area contributed by atoms with Crippen LogP contribution in [0.4, 0.5) is 31.5 Å². The summed E-state index contributed by atoms with van der Waals surface area (Å²) in [4.78, 5) is 30.9. The monoisotopic (exact) mass is 798 g/mol. The molecule has 13 heteroatoms. The fourth-order valence-corrected chi connectivity index (χ4v) is 9.29. The molecule has 0 aliphatic carbocycles. The number of carbonyl (C=O) groups is 2. The maximum atomic E-state index is 12.9. The zero-order valence-corrected chi connectivity index (χ0v) is 32.7. The molecule has 0 bridgehead atoms. The Labute approximate surface area is 337 Å². The van der Waals surface area contributed by atoms with E-state index in [0.29, 0.717) is 67.6 Å². The van der Waals surface area contributed by atoms with Gasteiger partial charge in [-0.1, -0.05) is 24.3 Å². The van der Waals surface area contributed by atoms with Crippen LogP contribution in [0.25, 0.3) is 0 Å². The van der Waals surface area contributed by atoms with Crippen LogP contribution in [0.2, 0.25) is 0 Å². The van der Waals surface area contributed by atoms with E-state index in [1.54, 1.807) is 24.3 Å². The molecule has 0 spiro atoms. The highest BCUT2D eigenvalue weighted by molar-refractivity contribution is 6.17. The van der Waals surface area contributed by atoms with Crippen molar-refractivity contribution in [2.45, 2.75) is 49.6 Å². The summed E-state index contributed by atoms with van der Waals surface area (Å²) in [6.45, 7) is 7.32. The highest BCUT2D eigenvalue weighted by Crippen LogP contribution is 2.50. The topological polar surface area (TPSA) is 98.4 Å². The number of hydrogen-bond donors (Lipinski definition) is 3. The molecule has 4 atom stereocenters. The van der Waals surface area contributed by atoms with E-state index in [2.05, 4.69) is 54.9 Å². The van der Waals surface area contributed by atoms with Gasteiger partial charge in [0.05, 0.1) is 49.1 Å². The predicted octanol–water partition coefficient (Wildman–Crippen LogP) is 6.96. The lowest BCUT2D eigenvalue weighted by Gasteiger charge is -2.39. The van der Waals surface area contributed by atoms with Crippen molar-refractivity contribution in [2.75, 3.05) is 85.3 Å². The van der Waals surface area contributed by atoms with Crippen LogP contribution in [0.15, 0.2) is 84.9 Å². The van der Waals surface area contributed by atoms with Gasteiger partial charge in [-0.3, -0.25) is 9.59 Å². The zero-order chi connectivity index (χ0) is 39.3. The van der Waals surface area contributed by atoms with Gasteiger partial charge in [0.25, 0.3) is 0 Å². The summed E-state index contributed by atoms with van der Waals surface area (Å²) in [5, 5.41) is 9.46. The molecule has 10 rings (SSSR count). The van der Waals surface area contributed by atoms with Crippen molar-refractivity contribution < 1.29 is 27.8 Å². The molecular formula is C44H49ClF2N6O4. The Balaban J connectivity index is 0.000000133. The number of fused-ring (bicyclic) bond motifs is 6. The van der Waals surface area contributed by atoms with Crippen molar-refractivity contribution in [3.05, 3.63) is 108 Å². The summed E-state index contributed by atoms with van der Waals surface area (Å²) < 4.78 is 36.3. The average molecular weight is 799 g/mol. The zero-order valence-electron chi connectivity index (χ0n) is 31.9. The Morgan fingerprint density at radius 3 is 1.81 bits per heavy atom. The molecule has 0 aromatic heterocycles. The first-order chi connectivity index (χ1) is 27.9. The largest absolute Gasteiger partial charge is 0.494 e. The molecule has 4 aromatic carbocycles. The first-order valence-electron chi connectivity index (χ1n) is 20.0. The molecule has 0 unspecified atom stereocenters. The van der Waals surface area contributed by atoms with Crippen LogP contribution in [0.5, 0.6) is 11.5 Å². The number of alkyl halides is 1. The maximum absolute atomic E-state index is 12.9.